The van der Waals surface area contributed by atoms with Gasteiger partial charge in [0.1, 0.15) is 11.5 Å². The highest BCUT2D eigenvalue weighted by Crippen LogP contribution is 2.54. The Hall–Kier alpha value is -4.30. The lowest BCUT2D eigenvalue weighted by Gasteiger charge is -2.27. The molecule has 5 aromatic carbocycles. The molecule has 48 heavy (non-hydrogen) atoms. The molecular weight excluding hydrogens is 585 g/mol. The summed E-state index contributed by atoms with van der Waals surface area (Å²) in [5, 5.41) is 2.40. The number of allylic oxidation sites excluding steroid dienone is 1. The molecule has 1 aliphatic rings. The molecule has 2 nitrogen and oxygen atoms in total. The van der Waals surface area contributed by atoms with Gasteiger partial charge in [0, 0.05) is 22.3 Å². The molecule has 0 amide bonds. The first-order chi connectivity index (χ1) is 23.5. The third kappa shape index (κ3) is 5.74. The Balaban J connectivity index is 1.81. The fourth-order valence-corrected chi connectivity index (χ4v) is 8.09. The smallest absolute Gasteiger partial charge is 0.135 e. The van der Waals surface area contributed by atoms with Crippen LogP contribution in [0.4, 0.5) is 0 Å². The number of ether oxygens (including phenoxy) is 2. The van der Waals surface area contributed by atoms with Gasteiger partial charge in [0.05, 0.1) is 14.2 Å². The second kappa shape index (κ2) is 14.4. The van der Waals surface area contributed by atoms with Crippen molar-refractivity contribution in [1.82, 2.24) is 0 Å². The summed E-state index contributed by atoms with van der Waals surface area (Å²) in [5.41, 5.74) is 18.2. The molecule has 0 fully saturated rings. The lowest BCUT2D eigenvalue weighted by Crippen LogP contribution is -2.07. The number of benzene rings is 5. The first kappa shape index (κ1) is 33.6. The predicted octanol–water partition coefficient (Wildman–Crippen LogP) is 12.2. The van der Waals surface area contributed by atoms with Crippen LogP contribution in [-0.4, -0.2) is 14.2 Å². The zero-order valence-electron chi connectivity index (χ0n) is 30.4. The number of methoxy groups -OCH3 is 2. The van der Waals surface area contributed by atoms with Crippen molar-refractivity contribution in [1.29, 1.82) is 0 Å². The van der Waals surface area contributed by atoms with Crippen LogP contribution < -0.4 is 9.47 Å². The Labute approximate surface area is 288 Å². The molecule has 5 aromatic rings. The average molecular weight is 637 g/mol. The number of rotatable bonds is 11. The molecule has 6 rings (SSSR count). The molecule has 0 bridgehead atoms. The maximum Gasteiger partial charge on any atom is 0.135 e. The van der Waals surface area contributed by atoms with Gasteiger partial charge < -0.3 is 9.47 Å². The molecule has 0 saturated heterocycles. The molecule has 0 heterocycles. The van der Waals surface area contributed by atoms with Crippen LogP contribution in [0.2, 0.25) is 0 Å². The first-order valence-electron chi connectivity index (χ1n) is 18.3. The number of hydrogen-bond acceptors (Lipinski definition) is 2. The standard InChI is InChI=1S/C46H52O2/c1-9-29-23-31(11-3)41(32(12-4)24-29)39-27-35-19-15-17-21-37(35)43(45(39)47-7)44-38-22-18-16-20-36(38)28-40(46(44)48-8)42-33(13-5)25-30(10-2)26-34(42)14-6/h15,17-19,21-28H,9-14,16,20H2,1-8H3. The molecule has 0 radical (unpaired) electrons. The summed E-state index contributed by atoms with van der Waals surface area (Å²) in [6.07, 6.45) is 12.6. The van der Waals surface area contributed by atoms with Crippen molar-refractivity contribution in [3.8, 4) is 44.9 Å². The zero-order chi connectivity index (χ0) is 33.9. The maximum absolute atomic E-state index is 6.63. The third-order valence-electron chi connectivity index (χ3n) is 10.5. The molecule has 0 spiro atoms. The van der Waals surface area contributed by atoms with E-state index in [1.165, 1.54) is 77.5 Å². The minimum atomic E-state index is 0.923. The Morgan fingerprint density at radius 3 is 1.54 bits per heavy atom. The fourth-order valence-electron chi connectivity index (χ4n) is 8.09. The predicted molar refractivity (Wildman–Crippen MR) is 207 cm³/mol. The van der Waals surface area contributed by atoms with Gasteiger partial charge in [-0.1, -0.05) is 102 Å². The summed E-state index contributed by atoms with van der Waals surface area (Å²) in [7, 11) is 3.70. The van der Waals surface area contributed by atoms with Gasteiger partial charge >= 0.3 is 0 Å². The van der Waals surface area contributed by atoms with E-state index in [2.05, 4.69) is 114 Å². The van der Waals surface area contributed by atoms with E-state index >= 15 is 0 Å². The van der Waals surface area contributed by atoms with E-state index in [-0.39, 0.29) is 0 Å². The van der Waals surface area contributed by atoms with Crippen LogP contribution in [0.15, 0.2) is 66.7 Å². The Bertz CT molecular complexity index is 1960. The minimum Gasteiger partial charge on any atom is -0.495 e. The molecule has 0 saturated carbocycles. The van der Waals surface area contributed by atoms with Crippen LogP contribution in [0.3, 0.4) is 0 Å². The number of fused-ring (bicyclic) bond motifs is 2. The molecule has 2 heteroatoms. The molecule has 0 atom stereocenters. The maximum atomic E-state index is 6.63. The van der Waals surface area contributed by atoms with E-state index in [4.69, 9.17) is 9.47 Å². The van der Waals surface area contributed by atoms with Crippen LogP contribution in [0.5, 0.6) is 11.5 Å². The zero-order valence-corrected chi connectivity index (χ0v) is 30.4. The molecule has 0 aromatic heterocycles. The van der Waals surface area contributed by atoms with E-state index in [0.29, 0.717) is 0 Å². The van der Waals surface area contributed by atoms with Gasteiger partial charge in [0.25, 0.3) is 0 Å². The summed E-state index contributed by atoms with van der Waals surface area (Å²) in [6, 6.07) is 23.3. The lowest BCUT2D eigenvalue weighted by atomic mass is 9.79. The van der Waals surface area contributed by atoms with E-state index in [0.717, 1.165) is 74.0 Å². The summed E-state index contributed by atoms with van der Waals surface area (Å²) >= 11 is 0. The van der Waals surface area contributed by atoms with Crippen molar-refractivity contribution in [3.63, 3.8) is 0 Å². The van der Waals surface area contributed by atoms with E-state index < -0.39 is 0 Å². The second-order valence-corrected chi connectivity index (χ2v) is 13.1. The number of hydrogen-bond donors (Lipinski definition) is 0. The van der Waals surface area contributed by atoms with Crippen LogP contribution in [0.25, 0.3) is 50.2 Å². The van der Waals surface area contributed by atoms with E-state index in [1.54, 1.807) is 0 Å². The Morgan fingerprint density at radius 2 is 1.04 bits per heavy atom. The Kier molecular flexibility index (Phi) is 10.1. The largest absolute Gasteiger partial charge is 0.495 e. The average Bonchev–Trinajstić information content (AvgIpc) is 3.14. The highest BCUT2D eigenvalue weighted by Gasteiger charge is 2.29. The highest BCUT2D eigenvalue weighted by atomic mass is 16.5. The molecule has 1 aliphatic carbocycles. The Morgan fingerprint density at radius 1 is 0.542 bits per heavy atom. The van der Waals surface area contributed by atoms with Crippen molar-refractivity contribution in [3.05, 3.63) is 111 Å². The normalized spacial score (nSPS) is 12.4. The monoisotopic (exact) mass is 636 g/mol. The summed E-state index contributed by atoms with van der Waals surface area (Å²) in [5.74, 6) is 1.86. The summed E-state index contributed by atoms with van der Waals surface area (Å²) in [6.45, 7) is 13.6. The summed E-state index contributed by atoms with van der Waals surface area (Å²) < 4.78 is 13.3. The van der Waals surface area contributed by atoms with Crippen LogP contribution in [0.1, 0.15) is 92.5 Å². The molecule has 0 unspecified atom stereocenters. The fraction of sp³-hybridized carbons (Fsp3) is 0.348. The van der Waals surface area contributed by atoms with Crippen molar-refractivity contribution in [2.45, 2.75) is 92.9 Å². The van der Waals surface area contributed by atoms with E-state index in [9.17, 15) is 0 Å². The molecular formula is C46H52O2. The first-order valence-corrected chi connectivity index (χ1v) is 18.3. The topological polar surface area (TPSA) is 18.5 Å². The SMILES string of the molecule is CCc1cc(CC)c(-c2cc3c(c(-c4c(OC)c(-c5c(CC)cc(CC)cc5CC)cc5ccccc45)c2OC)C=CCC3)c(CC)c1. The van der Waals surface area contributed by atoms with Gasteiger partial charge in [-0.3, -0.25) is 0 Å². The van der Waals surface area contributed by atoms with Gasteiger partial charge in [-0.25, -0.2) is 0 Å². The second-order valence-electron chi connectivity index (χ2n) is 13.1. The van der Waals surface area contributed by atoms with Crippen LogP contribution >= 0.6 is 0 Å². The molecule has 0 aliphatic heterocycles. The van der Waals surface area contributed by atoms with Gasteiger partial charge in [-0.2, -0.15) is 0 Å². The van der Waals surface area contributed by atoms with Crippen molar-refractivity contribution in [2.75, 3.05) is 14.2 Å². The van der Waals surface area contributed by atoms with Crippen molar-refractivity contribution < 1.29 is 9.47 Å². The molecule has 0 N–H and O–H groups in total. The highest BCUT2D eigenvalue weighted by molar-refractivity contribution is 6.09. The van der Waals surface area contributed by atoms with Crippen LogP contribution in [-0.2, 0) is 44.9 Å². The molecule has 248 valence electrons. The van der Waals surface area contributed by atoms with E-state index in [1.807, 2.05) is 14.2 Å². The number of aryl methyl sites for hydroxylation is 7. The van der Waals surface area contributed by atoms with Crippen molar-refractivity contribution in [2.24, 2.45) is 0 Å². The minimum absolute atomic E-state index is 0.923. The van der Waals surface area contributed by atoms with Gasteiger partial charge in [-0.15, -0.1) is 0 Å². The van der Waals surface area contributed by atoms with Gasteiger partial charge in [0.2, 0.25) is 0 Å². The van der Waals surface area contributed by atoms with Gasteiger partial charge in [0.15, 0.2) is 0 Å². The summed E-state index contributed by atoms with van der Waals surface area (Å²) in [4.78, 5) is 0. The van der Waals surface area contributed by atoms with Crippen LogP contribution in [0, 0.1) is 0 Å². The third-order valence-corrected chi connectivity index (χ3v) is 10.5. The van der Waals surface area contributed by atoms with Crippen molar-refractivity contribution >= 4 is 16.8 Å². The lowest BCUT2D eigenvalue weighted by molar-refractivity contribution is 0.412. The quantitative estimate of drug-likeness (QED) is 0.144. The van der Waals surface area contributed by atoms with Gasteiger partial charge in [-0.05, 0) is 130 Å².